The lowest BCUT2D eigenvalue weighted by atomic mass is 9.95. The van der Waals surface area contributed by atoms with Crippen LogP contribution in [0.15, 0.2) is 0 Å². The van der Waals surface area contributed by atoms with E-state index in [0.717, 1.165) is 32.5 Å². The summed E-state index contributed by atoms with van der Waals surface area (Å²) in [5.74, 6) is 0.180. The molecule has 0 spiro atoms. The number of carbonyl (C=O) groups excluding carboxylic acids is 1. The van der Waals surface area contributed by atoms with Gasteiger partial charge in [-0.2, -0.15) is 0 Å². The number of rotatable bonds is 4. The molecule has 0 aromatic heterocycles. The number of likely N-dealkylation sites (N-methyl/N-ethyl adjacent to an activating group) is 1. The zero-order valence-electron chi connectivity index (χ0n) is 13.0. The van der Waals surface area contributed by atoms with Gasteiger partial charge in [-0.3, -0.25) is 9.69 Å². The molecular weight excluding hydrogens is 252 g/mol. The van der Waals surface area contributed by atoms with E-state index in [4.69, 9.17) is 5.73 Å². The number of amides is 1. The molecular formula is C15H30N4O. The van der Waals surface area contributed by atoms with Gasteiger partial charge in [-0.15, -0.1) is 0 Å². The normalized spacial score (nSPS) is 28.2. The van der Waals surface area contributed by atoms with Crippen molar-refractivity contribution in [2.24, 2.45) is 5.73 Å². The van der Waals surface area contributed by atoms with E-state index >= 15 is 0 Å². The Morgan fingerprint density at radius 1 is 1.30 bits per heavy atom. The third-order valence-electron chi connectivity index (χ3n) is 4.83. The van der Waals surface area contributed by atoms with E-state index in [1.807, 2.05) is 6.92 Å². The second kappa shape index (κ2) is 7.38. The lowest BCUT2D eigenvalue weighted by Crippen LogP contribution is -2.61. The van der Waals surface area contributed by atoms with Crippen LogP contribution >= 0.6 is 0 Å². The van der Waals surface area contributed by atoms with E-state index < -0.39 is 0 Å². The zero-order chi connectivity index (χ0) is 14.5. The van der Waals surface area contributed by atoms with E-state index in [-0.39, 0.29) is 11.9 Å². The van der Waals surface area contributed by atoms with E-state index in [0.29, 0.717) is 18.6 Å². The van der Waals surface area contributed by atoms with E-state index in [1.54, 1.807) is 0 Å². The van der Waals surface area contributed by atoms with Crippen molar-refractivity contribution in [3.8, 4) is 0 Å². The highest BCUT2D eigenvalue weighted by Crippen LogP contribution is 2.18. The van der Waals surface area contributed by atoms with Crippen molar-refractivity contribution >= 4 is 5.91 Å². The minimum atomic E-state index is -0.0702. The monoisotopic (exact) mass is 282 g/mol. The maximum Gasteiger partial charge on any atom is 0.237 e. The van der Waals surface area contributed by atoms with Gasteiger partial charge in [0.25, 0.3) is 0 Å². The van der Waals surface area contributed by atoms with E-state index in [1.165, 1.54) is 19.3 Å². The Labute approximate surface area is 122 Å². The third kappa shape index (κ3) is 3.93. The first-order valence-corrected chi connectivity index (χ1v) is 8.06. The van der Waals surface area contributed by atoms with Crippen LogP contribution in [0.2, 0.25) is 0 Å². The van der Waals surface area contributed by atoms with Gasteiger partial charge in [0, 0.05) is 38.3 Å². The molecule has 20 heavy (non-hydrogen) atoms. The summed E-state index contributed by atoms with van der Waals surface area (Å²) in [6.07, 6.45) is 6.09. The van der Waals surface area contributed by atoms with Crippen molar-refractivity contribution < 1.29 is 4.79 Å². The van der Waals surface area contributed by atoms with Gasteiger partial charge in [0.05, 0.1) is 6.04 Å². The Morgan fingerprint density at radius 2 is 2.00 bits per heavy atom. The molecule has 1 heterocycles. The smallest absolute Gasteiger partial charge is 0.237 e. The lowest BCUT2D eigenvalue weighted by molar-refractivity contribution is -0.128. The zero-order valence-corrected chi connectivity index (χ0v) is 13.0. The minimum absolute atomic E-state index is 0.0702. The van der Waals surface area contributed by atoms with Crippen molar-refractivity contribution in [1.82, 2.24) is 15.1 Å². The molecule has 1 amide bonds. The molecule has 2 rings (SSSR count). The molecule has 2 aliphatic rings. The Morgan fingerprint density at radius 3 is 2.65 bits per heavy atom. The maximum atomic E-state index is 12.4. The van der Waals surface area contributed by atoms with Crippen LogP contribution in [0, 0.1) is 0 Å². The average molecular weight is 282 g/mol. The van der Waals surface area contributed by atoms with E-state index in [2.05, 4.69) is 22.2 Å². The quantitative estimate of drug-likeness (QED) is 0.783. The summed E-state index contributed by atoms with van der Waals surface area (Å²) < 4.78 is 0. The first-order valence-electron chi connectivity index (χ1n) is 8.06. The fourth-order valence-corrected chi connectivity index (χ4v) is 3.46. The summed E-state index contributed by atoms with van der Waals surface area (Å²) >= 11 is 0. The highest BCUT2D eigenvalue weighted by molar-refractivity contribution is 5.81. The summed E-state index contributed by atoms with van der Waals surface area (Å²) in [5.41, 5.74) is 5.88. The number of nitrogens with zero attached hydrogens (tertiary/aromatic N) is 2. The van der Waals surface area contributed by atoms with Gasteiger partial charge in [-0.1, -0.05) is 19.3 Å². The average Bonchev–Trinajstić information content (AvgIpc) is 2.47. The predicted octanol–water partition coefficient (Wildman–Crippen LogP) is 0.399. The van der Waals surface area contributed by atoms with Crippen molar-refractivity contribution in [3.05, 3.63) is 0 Å². The first-order chi connectivity index (χ1) is 9.61. The molecule has 0 aromatic rings. The van der Waals surface area contributed by atoms with Crippen LogP contribution in [0.3, 0.4) is 0 Å². The minimum Gasteiger partial charge on any atom is -0.352 e. The topological polar surface area (TPSA) is 61.6 Å². The summed E-state index contributed by atoms with van der Waals surface area (Å²) in [5, 5.41) is 3.24. The van der Waals surface area contributed by atoms with E-state index in [9.17, 15) is 4.79 Å². The van der Waals surface area contributed by atoms with Crippen LogP contribution in [0.4, 0.5) is 0 Å². The Bertz CT molecular complexity index is 317. The maximum absolute atomic E-state index is 12.4. The molecule has 2 fully saturated rings. The largest absolute Gasteiger partial charge is 0.352 e. The number of nitrogens with two attached hydrogens (primary N) is 1. The van der Waals surface area contributed by atoms with Gasteiger partial charge in [0.1, 0.15) is 0 Å². The Kier molecular flexibility index (Phi) is 5.81. The van der Waals surface area contributed by atoms with Crippen LogP contribution in [-0.2, 0) is 4.79 Å². The van der Waals surface area contributed by atoms with Crippen molar-refractivity contribution in [2.45, 2.75) is 57.2 Å². The van der Waals surface area contributed by atoms with Gasteiger partial charge in [0.15, 0.2) is 0 Å². The van der Waals surface area contributed by atoms with Crippen LogP contribution in [-0.4, -0.2) is 67.1 Å². The first kappa shape index (κ1) is 15.7. The number of hydrogen-bond acceptors (Lipinski definition) is 4. The summed E-state index contributed by atoms with van der Waals surface area (Å²) in [4.78, 5) is 17.0. The summed E-state index contributed by atoms with van der Waals surface area (Å²) in [7, 11) is 2.12. The van der Waals surface area contributed by atoms with Crippen molar-refractivity contribution in [1.29, 1.82) is 0 Å². The Balaban J connectivity index is 1.88. The number of carbonyl (C=O) groups is 1. The molecule has 5 heteroatoms. The molecule has 1 saturated carbocycles. The predicted molar refractivity (Wildman–Crippen MR) is 81.5 cm³/mol. The SMILES string of the molecule is CC(C(=O)NC1CCCCC1)N1CCN(C)CC1CN. The van der Waals surface area contributed by atoms with Crippen molar-refractivity contribution in [3.63, 3.8) is 0 Å². The summed E-state index contributed by atoms with van der Waals surface area (Å²) in [6.45, 7) is 5.53. The van der Waals surface area contributed by atoms with Gasteiger partial charge in [-0.25, -0.2) is 0 Å². The lowest BCUT2D eigenvalue weighted by Gasteiger charge is -2.42. The van der Waals surface area contributed by atoms with Crippen LogP contribution in [0.5, 0.6) is 0 Å². The molecule has 2 unspecified atom stereocenters. The number of hydrogen-bond donors (Lipinski definition) is 2. The number of piperazine rings is 1. The molecule has 0 bridgehead atoms. The van der Waals surface area contributed by atoms with Crippen LogP contribution in [0.25, 0.3) is 0 Å². The van der Waals surface area contributed by atoms with Crippen LogP contribution in [0.1, 0.15) is 39.0 Å². The highest BCUT2D eigenvalue weighted by atomic mass is 16.2. The van der Waals surface area contributed by atoms with Gasteiger partial charge in [-0.05, 0) is 26.8 Å². The summed E-state index contributed by atoms with van der Waals surface area (Å²) in [6, 6.07) is 0.613. The molecule has 5 nitrogen and oxygen atoms in total. The molecule has 0 aromatic carbocycles. The second-order valence-electron chi connectivity index (χ2n) is 6.41. The number of nitrogens with one attached hydrogen (secondary N) is 1. The molecule has 1 aliphatic carbocycles. The molecule has 3 N–H and O–H groups in total. The highest BCUT2D eigenvalue weighted by Gasteiger charge is 2.32. The van der Waals surface area contributed by atoms with Gasteiger partial charge < -0.3 is 16.0 Å². The van der Waals surface area contributed by atoms with Crippen molar-refractivity contribution in [2.75, 3.05) is 33.2 Å². The standard InChI is InChI=1S/C15H30N4O/c1-12(15(20)17-13-6-4-3-5-7-13)19-9-8-18(2)11-14(19)10-16/h12-14H,3-11,16H2,1-2H3,(H,17,20). The molecule has 1 aliphatic heterocycles. The molecule has 2 atom stereocenters. The van der Waals surface area contributed by atoms with Gasteiger partial charge >= 0.3 is 0 Å². The van der Waals surface area contributed by atoms with Crippen LogP contribution < -0.4 is 11.1 Å². The second-order valence-corrected chi connectivity index (χ2v) is 6.41. The fourth-order valence-electron chi connectivity index (χ4n) is 3.46. The molecule has 0 radical (unpaired) electrons. The van der Waals surface area contributed by atoms with Gasteiger partial charge in [0.2, 0.25) is 5.91 Å². The fraction of sp³-hybridized carbons (Fsp3) is 0.933. The third-order valence-corrected chi connectivity index (χ3v) is 4.83. The Hall–Kier alpha value is -0.650. The molecule has 1 saturated heterocycles. The molecule has 116 valence electrons.